The number of aryl methyl sites for hydroxylation is 1. The highest BCUT2D eigenvalue weighted by Crippen LogP contribution is 2.14. The van der Waals surface area contributed by atoms with Gasteiger partial charge in [-0.1, -0.05) is 11.8 Å². The summed E-state index contributed by atoms with van der Waals surface area (Å²) >= 11 is 1.10. The van der Waals surface area contributed by atoms with E-state index in [0.717, 1.165) is 17.8 Å². The van der Waals surface area contributed by atoms with Crippen molar-refractivity contribution < 1.29 is 9.90 Å². The second kappa shape index (κ2) is 3.94. The first-order chi connectivity index (χ1) is 6.11. The van der Waals surface area contributed by atoms with Gasteiger partial charge in [-0.2, -0.15) is 0 Å². The van der Waals surface area contributed by atoms with Crippen LogP contribution >= 0.6 is 11.8 Å². The Morgan fingerprint density at radius 2 is 2.38 bits per heavy atom. The number of carboxylic acids is 1. The molecule has 0 spiro atoms. The first-order valence-electron chi connectivity index (χ1n) is 3.34. The van der Waals surface area contributed by atoms with Gasteiger partial charge in [0.05, 0.1) is 0 Å². The third kappa shape index (κ3) is 2.48. The summed E-state index contributed by atoms with van der Waals surface area (Å²) in [5.41, 5.74) is 0. The topological polar surface area (TPSA) is 94.0 Å². The van der Waals surface area contributed by atoms with Crippen LogP contribution in [0, 0.1) is 6.92 Å². The predicted octanol–water partition coefficient (Wildman–Crippen LogP) is -0.00928. The van der Waals surface area contributed by atoms with Gasteiger partial charge in [0.2, 0.25) is 5.16 Å². The van der Waals surface area contributed by atoms with Crippen molar-refractivity contribution in [2.45, 2.75) is 12.1 Å². The average molecular weight is 200 g/mol. The van der Waals surface area contributed by atoms with Crippen molar-refractivity contribution in [3.05, 3.63) is 17.3 Å². The summed E-state index contributed by atoms with van der Waals surface area (Å²) in [5.74, 6) is 5.08. The van der Waals surface area contributed by atoms with Gasteiger partial charge >= 0.3 is 5.97 Å². The molecular formula is C6H8N4O2S. The monoisotopic (exact) mass is 200 g/mol. The lowest BCUT2D eigenvalue weighted by Crippen LogP contribution is -2.11. The summed E-state index contributed by atoms with van der Waals surface area (Å²) in [6.45, 7) is 1.71. The number of hydrogen-bond acceptors (Lipinski definition) is 5. The smallest absolute Gasteiger partial charge is 0.328 e. The highest BCUT2D eigenvalue weighted by atomic mass is 32.2. The Hall–Kier alpha value is -1.50. The molecule has 0 unspecified atom stereocenters. The number of nitrogen functional groups attached to an aromatic ring is 1. The third-order valence-corrected chi connectivity index (χ3v) is 1.98. The molecule has 0 aliphatic heterocycles. The molecule has 0 saturated heterocycles. The van der Waals surface area contributed by atoms with Gasteiger partial charge in [-0.05, 0) is 12.3 Å². The van der Waals surface area contributed by atoms with Crippen LogP contribution in [0.4, 0.5) is 0 Å². The van der Waals surface area contributed by atoms with Gasteiger partial charge in [0, 0.05) is 6.08 Å². The van der Waals surface area contributed by atoms with E-state index >= 15 is 0 Å². The molecule has 6 nitrogen and oxygen atoms in total. The lowest BCUT2D eigenvalue weighted by molar-refractivity contribution is -0.131. The number of hydrogen-bond donors (Lipinski definition) is 2. The number of nitrogens with two attached hydrogens (primary N) is 1. The van der Waals surface area contributed by atoms with E-state index in [1.165, 1.54) is 10.1 Å². The number of carbonyl (C=O) groups is 1. The Kier molecular flexibility index (Phi) is 2.91. The van der Waals surface area contributed by atoms with Crippen LogP contribution in [0.1, 0.15) is 5.82 Å². The van der Waals surface area contributed by atoms with Gasteiger partial charge < -0.3 is 10.9 Å². The molecule has 1 aromatic heterocycles. The fraction of sp³-hybridized carbons (Fsp3) is 0.167. The number of rotatable bonds is 3. The van der Waals surface area contributed by atoms with Gasteiger partial charge in [0.1, 0.15) is 5.82 Å². The largest absolute Gasteiger partial charge is 0.478 e. The zero-order chi connectivity index (χ0) is 9.84. The average Bonchev–Trinajstić information content (AvgIpc) is 2.35. The van der Waals surface area contributed by atoms with Crippen LogP contribution in [0.25, 0.3) is 0 Å². The summed E-state index contributed by atoms with van der Waals surface area (Å²) < 4.78 is 1.29. The Labute approximate surface area is 78.4 Å². The molecule has 0 aromatic carbocycles. The fourth-order valence-corrected chi connectivity index (χ4v) is 1.22. The van der Waals surface area contributed by atoms with Crippen LogP contribution in [0.3, 0.4) is 0 Å². The molecule has 0 amide bonds. The molecule has 3 N–H and O–H groups in total. The Morgan fingerprint density at radius 1 is 1.69 bits per heavy atom. The van der Waals surface area contributed by atoms with Gasteiger partial charge in [0.15, 0.2) is 0 Å². The van der Waals surface area contributed by atoms with Crippen molar-refractivity contribution in [3.63, 3.8) is 0 Å². The van der Waals surface area contributed by atoms with Gasteiger partial charge in [-0.25, -0.2) is 9.47 Å². The Bertz CT molecular complexity index is 346. The lowest BCUT2D eigenvalue weighted by atomic mass is 10.7. The number of thioether (sulfide) groups is 1. The van der Waals surface area contributed by atoms with E-state index in [2.05, 4.69) is 10.2 Å². The standard InChI is InChI=1S/C6H8N4O2S/c1-4-8-9-6(10(4)7)13-3-2-5(11)12/h2-3H,7H2,1H3,(H,11,12)/b3-2-. The zero-order valence-corrected chi connectivity index (χ0v) is 7.65. The maximum Gasteiger partial charge on any atom is 0.328 e. The molecule has 7 heteroatoms. The van der Waals surface area contributed by atoms with E-state index in [0.29, 0.717) is 11.0 Å². The van der Waals surface area contributed by atoms with E-state index in [-0.39, 0.29) is 0 Å². The number of aliphatic carboxylic acids is 1. The van der Waals surface area contributed by atoms with Crippen molar-refractivity contribution >= 4 is 17.7 Å². The highest BCUT2D eigenvalue weighted by molar-refractivity contribution is 8.02. The normalized spacial score (nSPS) is 10.8. The number of nitrogens with zero attached hydrogens (tertiary/aromatic N) is 3. The van der Waals surface area contributed by atoms with Crippen molar-refractivity contribution in [2.75, 3.05) is 5.84 Å². The summed E-state index contributed by atoms with van der Waals surface area (Å²) in [5, 5.41) is 17.5. The van der Waals surface area contributed by atoms with Crippen molar-refractivity contribution in [2.24, 2.45) is 0 Å². The second-order valence-electron chi connectivity index (χ2n) is 2.16. The summed E-state index contributed by atoms with van der Waals surface area (Å²) in [6.07, 6.45) is 1.01. The maximum absolute atomic E-state index is 10.1. The Morgan fingerprint density at radius 3 is 2.85 bits per heavy atom. The molecule has 0 atom stereocenters. The minimum absolute atomic E-state index is 0.454. The Balaban J connectivity index is 2.65. The summed E-state index contributed by atoms with van der Waals surface area (Å²) in [7, 11) is 0. The summed E-state index contributed by atoms with van der Waals surface area (Å²) in [4.78, 5) is 10.1. The molecule has 0 fully saturated rings. The van der Waals surface area contributed by atoms with Crippen LogP contribution in [-0.4, -0.2) is 25.9 Å². The van der Waals surface area contributed by atoms with E-state index in [9.17, 15) is 4.79 Å². The molecule has 0 radical (unpaired) electrons. The molecule has 0 aliphatic rings. The summed E-state index contributed by atoms with van der Waals surface area (Å²) in [6, 6.07) is 0. The minimum atomic E-state index is -1.01. The molecular weight excluding hydrogens is 192 g/mol. The molecule has 0 bridgehead atoms. The quantitative estimate of drug-likeness (QED) is 0.405. The fourth-order valence-electron chi connectivity index (χ4n) is 0.583. The molecule has 70 valence electrons. The van der Waals surface area contributed by atoms with Crippen molar-refractivity contribution in [1.29, 1.82) is 0 Å². The van der Waals surface area contributed by atoms with Crippen LogP contribution in [-0.2, 0) is 4.79 Å². The van der Waals surface area contributed by atoms with Crippen molar-refractivity contribution in [3.8, 4) is 0 Å². The molecule has 1 heterocycles. The zero-order valence-electron chi connectivity index (χ0n) is 6.84. The highest BCUT2D eigenvalue weighted by Gasteiger charge is 2.03. The van der Waals surface area contributed by atoms with E-state index < -0.39 is 5.97 Å². The second-order valence-corrected chi connectivity index (χ2v) is 3.03. The molecule has 1 aromatic rings. The number of carboxylic acid groups (broad SMARTS) is 1. The van der Waals surface area contributed by atoms with E-state index in [1.54, 1.807) is 6.92 Å². The number of aromatic nitrogens is 3. The SMILES string of the molecule is Cc1nnc(S/C=C\C(=O)O)n1N. The predicted molar refractivity (Wildman–Crippen MR) is 47.5 cm³/mol. The maximum atomic E-state index is 10.1. The van der Waals surface area contributed by atoms with Gasteiger partial charge in [0.25, 0.3) is 0 Å². The van der Waals surface area contributed by atoms with Crippen LogP contribution in [0.2, 0.25) is 0 Å². The molecule has 1 rings (SSSR count). The van der Waals surface area contributed by atoms with Crippen LogP contribution in [0.5, 0.6) is 0 Å². The molecule has 0 aliphatic carbocycles. The van der Waals surface area contributed by atoms with E-state index in [4.69, 9.17) is 10.9 Å². The molecule has 0 saturated carbocycles. The van der Waals surface area contributed by atoms with Gasteiger partial charge in [-0.3, -0.25) is 0 Å². The van der Waals surface area contributed by atoms with Crippen LogP contribution in [0.15, 0.2) is 16.6 Å². The van der Waals surface area contributed by atoms with E-state index in [1.807, 2.05) is 0 Å². The first kappa shape index (κ1) is 9.59. The van der Waals surface area contributed by atoms with Crippen molar-refractivity contribution in [1.82, 2.24) is 14.9 Å². The first-order valence-corrected chi connectivity index (χ1v) is 4.22. The van der Waals surface area contributed by atoms with Gasteiger partial charge in [-0.15, -0.1) is 10.2 Å². The minimum Gasteiger partial charge on any atom is -0.478 e. The molecule has 13 heavy (non-hydrogen) atoms. The third-order valence-electron chi connectivity index (χ3n) is 1.22. The van der Waals surface area contributed by atoms with Crippen LogP contribution < -0.4 is 5.84 Å². The lowest BCUT2D eigenvalue weighted by Gasteiger charge is -1.95.